The second-order valence-electron chi connectivity index (χ2n) is 3.46. The first-order chi connectivity index (χ1) is 8.32. The van der Waals surface area contributed by atoms with E-state index in [4.69, 9.17) is 15.3 Å². The first-order valence-electron chi connectivity index (χ1n) is 5.06. The van der Waals surface area contributed by atoms with Crippen LogP contribution in [-0.2, 0) is 9.59 Å². The minimum Gasteiger partial charge on any atom is -0.481 e. The van der Waals surface area contributed by atoms with Crippen molar-refractivity contribution in [2.75, 3.05) is 0 Å². The molecule has 0 radical (unpaired) electrons. The molecule has 0 aliphatic carbocycles. The molecule has 0 aromatic heterocycles. The van der Waals surface area contributed by atoms with Crippen molar-refractivity contribution in [1.29, 1.82) is 0 Å². The molecule has 0 saturated carbocycles. The number of aryl methyl sites for hydroxylation is 1. The zero-order valence-electron chi connectivity index (χ0n) is 9.79. The van der Waals surface area contributed by atoms with Gasteiger partial charge in [-0.15, -0.1) is 0 Å². The van der Waals surface area contributed by atoms with E-state index in [9.17, 15) is 14.4 Å². The van der Waals surface area contributed by atoms with Crippen LogP contribution in [0.1, 0.15) is 28.8 Å². The van der Waals surface area contributed by atoms with E-state index in [2.05, 4.69) is 0 Å². The number of carboxylic acid groups (broad SMARTS) is 3. The Kier molecular flexibility index (Phi) is 6.80. The fourth-order valence-electron chi connectivity index (χ4n) is 0.910. The van der Waals surface area contributed by atoms with Gasteiger partial charge in [0, 0.05) is 0 Å². The van der Waals surface area contributed by atoms with Gasteiger partial charge < -0.3 is 15.3 Å². The molecule has 0 bridgehead atoms. The molecule has 6 heteroatoms. The van der Waals surface area contributed by atoms with Crippen molar-refractivity contribution < 1.29 is 29.7 Å². The fourth-order valence-corrected chi connectivity index (χ4v) is 0.910. The fraction of sp³-hybridized carbons (Fsp3) is 0.250. The third-order valence-corrected chi connectivity index (χ3v) is 1.85. The first-order valence-corrected chi connectivity index (χ1v) is 5.06. The van der Waals surface area contributed by atoms with Gasteiger partial charge >= 0.3 is 17.9 Å². The van der Waals surface area contributed by atoms with Gasteiger partial charge in [0.25, 0.3) is 0 Å². The lowest BCUT2D eigenvalue weighted by Gasteiger charge is -1.92. The molecule has 0 spiro atoms. The quantitative estimate of drug-likeness (QED) is 0.752. The Bertz CT molecular complexity index is 407. The van der Waals surface area contributed by atoms with Crippen LogP contribution in [0.15, 0.2) is 24.3 Å². The predicted octanol–water partition coefficient (Wildman–Crippen LogP) is 1.63. The average Bonchev–Trinajstić information content (AvgIpc) is 2.28. The maximum atomic E-state index is 10.3. The summed E-state index contributed by atoms with van der Waals surface area (Å²) in [5.74, 6) is -3.03. The van der Waals surface area contributed by atoms with Crippen LogP contribution in [-0.4, -0.2) is 33.2 Å². The Morgan fingerprint density at radius 2 is 1.28 bits per heavy atom. The monoisotopic (exact) mass is 254 g/mol. The largest absolute Gasteiger partial charge is 0.481 e. The van der Waals surface area contributed by atoms with Crippen molar-refractivity contribution in [3.63, 3.8) is 0 Å². The number of benzene rings is 1. The molecule has 3 N–H and O–H groups in total. The van der Waals surface area contributed by atoms with Crippen LogP contribution in [0.3, 0.4) is 0 Å². The van der Waals surface area contributed by atoms with Gasteiger partial charge in [-0.25, -0.2) is 4.79 Å². The van der Waals surface area contributed by atoms with Gasteiger partial charge in [0.15, 0.2) is 0 Å². The number of aliphatic carboxylic acids is 2. The highest BCUT2D eigenvalue weighted by atomic mass is 16.4. The van der Waals surface area contributed by atoms with Crippen LogP contribution in [0.25, 0.3) is 0 Å². The molecule has 0 aliphatic heterocycles. The number of carbonyl (C=O) groups is 3. The second-order valence-corrected chi connectivity index (χ2v) is 3.46. The van der Waals surface area contributed by atoms with Crippen LogP contribution in [0.4, 0.5) is 0 Å². The highest BCUT2D eigenvalue weighted by Crippen LogP contribution is 2.01. The standard InChI is InChI=1S/C8H8O2.C4H6O4/c1-6-2-4-7(5-3-6)8(9)10;5-3(6)1-2-4(7)8/h2-5H,1H3,(H,9,10);1-2H2,(H,5,6)(H,7,8). The molecule has 0 saturated heterocycles. The van der Waals surface area contributed by atoms with Crippen molar-refractivity contribution in [2.24, 2.45) is 0 Å². The van der Waals surface area contributed by atoms with E-state index in [1.807, 2.05) is 6.92 Å². The average molecular weight is 254 g/mol. The van der Waals surface area contributed by atoms with Crippen molar-refractivity contribution in [2.45, 2.75) is 19.8 Å². The molecule has 98 valence electrons. The molecule has 0 aliphatic rings. The zero-order valence-corrected chi connectivity index (χ0v) is 9.79. The van der Waals surface area contributed by atoms with E-state index in [0.717, 1.165) is 5.56 Å². The molecule has 18 heavy (non-hydrogen) atoms. The zero-order chi connectivity index (χ0) is 14.1. The Morgan fingerprint density at radius 1 is 0.889 bits per heavy atom. The molecule has 1 rings (SSSR count). The van der Waals surface area contributed by atoms with Crippen molar-refractivity contribution in [1.82, 2.24) is 0 Å². The highest BCUT2D eigenvalue weighted by Gasteiger charge is 2.00. The van der Waals surface area contributed by atoms with Crippen LogP contribution < -0.4 is 0 Å². The lowest BCUT2D eigenvalue weighted by atomic mass is 10.2. The molecule has 1 aromatic carbocycles. The van der Waals surface area contributed by atoms with E-state index in [0.29, 0.717) is 5.56 Å². The molecular weight excluding hydrogens is 240 g/mol. The first kappa shape index (κ1) is 15.6. The topological polar surface area (TPSA) is 112 Å². The molecule has 0 unspecified atom stereocenters. The van der Waals surface area contributed by atoms with Crippen molar-refractivity contribution in [3.8, 4) is 0 Å². The van der Waals surface area contributed by atoms with Gasteiger partial charge in [-0.2, -0.15) is 0 Å². The van der Waals surface area contributed by atoms with Crippen LogP contribution in [0, 0.1) is 6.92 Å². The number of hydrogen-bond acceptors (Lipinski definition) is 3. The summed E-state index contributed by atoms with van der Waals surface area (Å²) < 4.78 is 0. The van der Waals surface area contributed by atoms with Crippen LogP contribution >= 0.6 is 0 Å². The van der Waals surface area contributed by atoms with Gasteiger partial charge in [-0.05, 0) is 19.1 Å². The Morgan fingerprint density at radius 3 is 1.56 bits per heavy atom. The number of carboxylic acids is 3. The summed E-state index contributed by atoms with van der Waals surface area (Å²) in [5, 5.41) is 24.3. The van der Waals surface area contributed by atoms with E-state index in [-0.39, 0.29) is 12.8 Å². The highest BCUT2D eigenvalue weighted by molar-refractivity contribution is 5.87. The summed E-state index contributed by atoms with van der Waals surface area (Å²) in [6.45, 7) is 1.92. The number of hydrogen-bond donors (Lipinski definition) is 3. The third kappa shape index (κ3) is 7.86. The molecule has 0 atom stereocenters. The number of rotatable bonds is 4. The SMILES string of the molecule is Cc1ccc(C(=O)O)cc1.O=C(O)CCC(=O)O. The molecular formula is C12H14O6. The maximum Gasteiger partial charge on any atom is 0.335 e. The summed E-state index contributed by atoms with van der Waals surface area (Å²) in [6.07, 6.45) is -0.593. The normalized spacial score (nSPS) is 8.94. The van der Waals surface area contributed by atoms with E-state index >= 15 is 0 Å². The van der Waals surface area contributed by atoms with Crippen molar-refractivity contribution >= 4 is 17.9 Å². The molecule has 0 amide bonds. The van der Waals surface area contributed by atoms with Gasteiger partial charge in [0.2, 0.25) is 0 Å². The summed E-state index contributed by atoms with van der Waals surface area (Å²) in [5.41, 5.74) is 1.41. The van der Waals surface area contributed by atoms with Gasteiger partial charge in [-0.3, -0.25) is 9.59 Å². The van der Waals surface area contributed by atoms with E-state index in [1.165, 1.54) is 0 Å². The molecule has 6 nitrogen and oxygen atoms in total. The summed E-state index contributed by atoms with van der Waals surface area (Å²) >= 11 is 0. The summed E-state index contributed by atoms with van der Waals surface area (Å²) in [6, 6.07) is 6.75. The Labute approximate surface area is 103 Å². The Hall–Kier alpha value is -2.37. The minimum atomic E-state index is -1.08. The summed E-state index contributed by atoms with van der Waals surface area (Å²) in [7, 11) is 0. The minimum absolute atomic E-state index is 0.296. The van der Waals surface area contributed by atoms with Crippen LogP contribution in [0.5, 0.6) is 0 Å². The maximum absolute atomic E-state index is 10.3. The number of aromatic carboxylic acids is 1. The lowest BCUT2D eigenvalue weighted by molar-refractivity contribution is -0.143. The van der Waals surface area contributed by atoms with Gasteiger partial charge in [0.1, 0.15) is 0 Å². The lowest BCUT2D eigenvalue weighted by Crippen LogP contribution is -2.00. The third-order valence-electron chi connectivity index (χ3n) is 1.85. The Balaban J connectivity index is 0.000000331. The second kappa shape index (κ2) is 7.83. The summed E-state index contributed by atoms with van der Waals surface area (Å²) in [4.78, 5) is 29.6. The molecule has 1 aromatic rings. The molecule has 0 heterocycles. The predicted molar refractivity (Wildman–Crippen MR) is 62.6 cm³/mol. The van der Waals surface area contributed by atoms with Gasteiger partial charge in [0.05, 0.1) is 18.4 Å². The molecule has 0 fully saturated rings. The van der Waals surface area contributed by atoms with E-state index in [1.54, 1.807) is 24.3 Å². The van der Waals surface area contributed by atoms with Crippen molar-refractivity contribution in [3.05, 3.63) is 35.4 Å². The smallest absolute Gasteiger partial charge is 0.335 e. The van der Waals surface area contributed by atoms with Crippen LogP contribution in [0.2, 0.25) is 0 Å². The van der Waals surface area contributed by atoms with E-state index < -0.39 is 17.9 Å². The van der Waals surface area contributed by atoms with Gasteiger partial charge in [-0.1, -0.05) is 17.7 Å².